The first-order valence-electron chi connectivity index (χ1n) is 8.81. The van der Waals surface area contributed by atoms with Crippen molar-refractivity contribution in [3.05, 3.63) is 71.9 Å². The molecule has 2 aromatic carbocycles. The third kappa shape index (κ3) is 4.36. The Morgan fingerprint density at radius 3 is 2.35 bits per heavy atom. The fraction of sp³-hybridized carbons (Fsp3) is 0.286. The molecule has 5 nitrogen and oxygen atoms in total. The molecule has 1 heterocycles. The number of para-hydroxylation sites is 1. The summed E-state index contributed by atoms with van der Waals surface area (Å²) < 4.78 is 0. The summed E-state index contributed by atoms with van der Waals surface area (Å²) in [5, 5.41) is 14.9. The van der Waals surface area contributed by atoms with Crippen LogP contribution in [0.1, 0.15) is 44.9 Å². The van der Waals surface area contributed by atoms with Gasteiger partial charge in [-0.3, -0.25) is 0 Å². The maximum Gasteiger partial charge on any atom is 0.245 e. The summed E-state index contributed by atoms with van der Waals surface area (Å²) in [5.41, 5.74) is 3.47. The molecule has 0 fully saturated rings. The van der Waals surface area contributed by atoms with E-state index in [-0.39, 0.29) is 11.5 Å². The summed E-state index contributed by atoms with van der Waals surface area (Å²) in [7, 11) is 0. The molecule has 0 aliphatic rings. The molecule has 1 unspecified atom stereocenters. The lowest BCUT2D eigenvalue weighted by molar-refractivity contribution is 0.592. The molecule has 0 saturated carbocycles. The molecule has 1 aromatic heterocycles. The number of anilines is 3. The smallest absolute Gasteiger partial charge is 0.245 e. The summed E-state index contributed by atoms with van der Waals surface area (Å²) in [6.07, 6.45) is 1.64. The molecule has 0 spiro atoms. The maximum atomic E-state index is 4.56. The van der Waals surface area contributed by atoms with Crippen molar-refractivity contribution in [3.63, 3.8) is 0 Å². The van der Waals surface area contributed by atoms with E-state index in [1.165, 1.54) is 11.1 Å². The van der Waals surface area contributed by atoms with Gasteiger partial charge in [0.15, 0.2) is 5.82 Å². The van der Waals surface area contributed by atoms with Crippen molar-refractivity contribution in [2.75, 3.05) is 10.6 Å². The van der Waals surface area contributed by atoms with Gasteiger partial charge in [0.1, 0.15) is 0 Å². The predicted octanol–water partition coefficient (Wildman–Crippen LogP) is 5.09. The van der Waals surface area contributed by atoms with Gasteiger partial charge < -0.3 is 10.6 Å². The fourth-order valence-corrected chi connectivity index (χ4v) is 2.83. The molecule has 0 radical (unpaired) electrons. The Balaban J connectivity index is 1.79. The first kappa shape index (κ1) is 17.9. The van der Waals surface area contributed by atoms with Crippen LogP contribution in [0, 0.1) is 0 Å². The highest BCUT2D eigenvalue weighted by atomic mass is 15.3. The Bertz CT molecular complexity index is 856. The van der Waals surface area contributed by atoms with Crippen LogP contribution >= 0.6 is 0 Å². The monoisotopic (exact) mass is 347 g/mol. The van der Waals surface area contributed by atoms with Crippen LogP contribution in [0.3, 0.4) is 0 Å². The Hall–Kier alpha value is -2.95. The Kier molecular flexibility index (Phi) is 5.16. The highest BCUT2D eigenvalue weighted by Crippen LogP contribution is 2.30. The summed E-state index contributed by atoms with van der Waals surface area (Å²) in [4.78, 5) is 4.56. The second-order valence-electron chi connectivity index (χ2n) is 7.36. The molecule has 0 bridgehead atoms. The van der Waals surface area contributed by atoms with Crippen LogP contribution < -0.4 is 10.6 Å². The van der Waals surface area contributed by atoms with Crippen molar-refractivity contribution in [1.82, 2.24) is 15.2 Å². The van der Waals surface area contributed by atoms with Crippen LogP contribution in [0.15, 0.2) is 60.8 Å². The molecule has 134 valence electrons. The SMILES string of the molecule is CC(Nc1nncc(Nc2ccccc2C(C)(C)C)n1)c1ccccc1. The third-order valence-electron chi connectivity index (χ3n) is 4.20. The molecule has 5 heteroatoms. The van der Waals surface area contributed by atoms with Gasteiger partial charge >= 0.3 is 0 Å². The molecule has 0 saturated heterocycles. The minimum atomic E-state index is 0.0347. The van der Waals surface area contributed by atoms with E-state index in [1.807, 2.05) is 24.3 Å². The molecule has 0 amide bonds. The fourth-order valence-electron chi connectivity index (χ4n) is 2.83. The molecule has 0 aliphatic carbocycles. The van der Waals surface area contributed by atoms with Crippen LogP contribution in [0.4, 0.5) is 17.5 Å². The molecule has 26 heavy (non-hydrogen) atoms. The van der Waals surface area contributed by atoms with Crippen molar-refractivity contribution in [1.29, 1.82) is 0 Å². The van der Waals surface area contributed by atoms with Crippen LogP contribution in [0.2, 0.25) is 0 Å². The lowest BCUT2D eigenvalue weighted by Gasteiger charge is -2.23. The van der Waals surface area contributed by atoms with E-state index in [0.717, 1.165) is 5.69 Å². The van der Waals surface area contributed by atoms with Crippen molar-refractivity contribution in [2.45, 2.75) is 39.2 Å². The molecular weight excluding hydrogens is 322 g/mol. The number of hydrogen-bond donors (Lipinski definition) is 2. The maximum absolute atomic E-state index is 4.56. The average molecular weight is 347 g/mol. The van der Waals surface area contributed by atoms with Crippen LogP contribution in [-0.2, 0) is 5.41 Å². The largest absolute Gasteiger partial charge is 0.346 e. The van der Waals surface area contributed by atoms with Gasteiger partial charge in [0.25, 0.3) is 0 Å². The van der Waals surface area contributed by atoms with E-state index in [2.05, 4.69) is 83.8 Å². The lowest BCUT2D eigenvalue weighted by atomic mass is 9.86. The van der Waals surface area contributed by atoms with E-state index < -0.39 is 0 Å². The average Bonchev–Trinajstić information content (AvgIpc) is 2.62. The number of nitrogens with zero attached hydrogens (tertiary/aromatic N) is 3. The zero-order valence-corrected chi connectivity index (χ0v) is 15.7. The lowest BCUT2D eigenvalue weighted by Crippen LogP contribution is -2.14. The van der Waals surface area contributed by atoms with Gasteiger partial charge in [0, 0.05) is 5.69 Å². The molecule has 2 N–H and O–H groups in total. The predicted molar refractivity (Wildman–Crippen MR) is 107 cm³/mol. The summed E-state index contributed by atoms with van der Waals surface area (Å²) >= 11 is 0. The van der Waals surface area contributed by atoms with Gasteiger partial charge in [-0.2, -0.15) is 10.1 Å². The minimum absolute atomic E-state index is 0.0347. The Morgan fingerprint density at radius 1 is 0.923 bits per heavy atom. The third-order valence-corrected chi connectivity index (χ3v) is 4.20. The standard InChI is InChI=1S/C21H25N5/c1-15(16-10-6-5-7-11-16)23-20-25-19(14-22-26-20)24-18-13-9-8-12-17(18)21(2,3)4/h5-15H,1-4H3,(H2,23,24,25,26). The molecular formula is C21H25N5. The molecule has 1 atom stereocenters. The molecule has 0 aliphatic heterocycles. The van der Waals surface area contributed by atoms with Gasteiger partial charge in [-0.05, 0) is 29.5 Å². The number of rotatable bonds is 5. The Labute approximate surface area is 154 Å². The van der Waals surface area contributed by atoms with Gasteiger partial charge in [0.05, 0.1) is 12.2 Å². The Morgan fingerprint density at radius 2 is 1.62 bits per heavy atom. The van der Waals surface area contributed by atoms with Crippen molar-refractivity contribution in [2.24, 2.45) is 0 Å². The van der Waals surface area contributed by atoms with Gasteiger partial charge in [-0.15, -0.1) is 5.10 Å². The van der Waals surface area contributed by atoms with Gasteiger partial charge in [0.2, 0.25) is 5.95 Å². The first-order valence-corrected chi connectivity index (χ1v) is 8.81. The molecule has 3 aromatic rings. The number of aromatic nitrogens is 3. The second kappa shape index (κ2) is 7.52. The van der Waals surface area contributed by atoms with Crippen molar-refractivity contribution in [3.8, 4) is 0 Å². The quantitative estimate of drug-likeness (QED) is 0.673. The summed E-state index contributed by atoms with van der Waals surface area (Å²) in [6.45, 7) is 8.66. The van der Waals surface area contributed by atoms with Crippen LogP contribution in [0.5, 0.6) is 0 Å². The minimum Gasteiger partial charge on any atom is -0.346 e. The van der Waals surface area contributed by atoms with Crippen LogP contribution in [0.25, 0.3) is 0 Å². The van der Waals surface area contributed by atoms with Crippen molar-refractivity contribution < 1.29 is 0 Å². The van der Waals surface area contributed by atoms with E-state index in [9.17, 15) is 0 Å². The van der Waals surface area contributed by atoms with E-state index >= 15 is 0 Å². The van der Waals surface area contributed by atoms with E-state index in [4.69, 9.17) is 0 Å². The highest BCUT2D eigenvalue weighted by Gasteiger charge is 2.18. The summed E-state index contributed by atoms with van der Waals surface area (Å²) in [5.74, 6) is 1.17. The molecule has 3 rings (SSSR count). The first-order chi connectivity index (χ1) is 12.4. The van der Waals surface area contributed by atoms with Crippen LogP contribution in [-0.4, -0.2) is 15.2 Å². The zero-order valence-electron chi connectivity index (χ0n) is 15.7. The number of hydrogen-bond acceptors (Lipinski definition) is 5. The number of nitrogens with one attached hydrogen (secondary N) is 2. The van der Waals surface area contributed by atoms with Gasteiger partial charge in [-0.1, -0.05) is 69.3 Å². The van der Waals surface area contributed by atoms with E-state index in [1.54, 1.807) is 6.20 Å². The summed E-state index contributed by atoms with van der Waals surface area (Å²) in [6, 6.07) is 18.6. The topological polar surface area (TPSA) is 62.7 Å². The number of benzene rings is 2. The highest BCUT2D eigenvalue weighted by molar-refractivity contribution is 5.62. The van der Waals surface area contributed by atoms with Crippen molar-refractivity contribution >= 4 is 17.5 Å². The van der Waals surface area contributed by atoms with E-state index in [0.29, 0.717) is 11.8 Å². The normalized spacial score (nSPS) is 12.5. The van der Waals surface area contributed by atoms with Gasteiger partial charge in [-0.25, -0.2) is 0 Å². The zero-order chi connectivity index (χ0) is 18.6. The second-order valence-corrected chi connectivity index (χ2v) is 7.36.